The number of carbonyl (C=O) groups is 1. The van der Waals surface area contributed by atoms with Crippen molar-refractivity contribution in [2.75, 3.05) is 18.0 Å². The van der Waals surface area contributed by atoms with Crippen molar-refractivity contribution in [3.8, 4) is 0 Å². The summed E-state index contributed by atoms with van der Waals surface area (Å²) < 4.78 is 5.82. The van der Waals surface area contributed by atoms with E-state index in [9.17, 15) is 4.79 Å². The average molecular weight is 285 g/mol. The van der Waals surface area contributed by atoms with Crippen LogP contribution in [0, 0.1) is 0 Å². The zero-order valence-electron chi connectivity index (χ0n) is 12.1. The van der Waals surface area contributed by atoms with Gasteiger partial charge >= 0.3 is 0 Å². The lowest BCUT2D eigenvalue weighted by Crippen LogP contribution is -2.39. The molecule has 1 aromatic carbocycles. The van der Waals surface area contributed by atoms with Gasteiger partial charge in [-0.25, -0.2) is 0 Å². The van der Waals surface area contributed by atoms with Crippen LogP contribution in [0.3, 0.4) is 0 Å². The molecule has 0 bridgehead atoms. The maximum absolute atomic E-state index is 11.5. The van der Waals surface area contributed by atoms with Crippen LogP contribution in [0.2, 0.25) is 0 Å². The quantitative estimate of drug-likeness (QED) is 0.877. The average Bonchev–Trinajstić information content (AvgIpc) is 3.11. The summed E-state index contributed by atoms with van der Waals surface area (Å²) in [6, 6.07) is 8.65. The number of fused-ring (bicyclic) bond motifs is 1. The number of anilines is 1. The fourth-order valence-electron chi connectivity index (χ4n) is 2.71. The summed E-state index contributed by atoms with van der Waals surface area (Å²) in [5, 5.41) is 2.92. The molecule has 2 aromatic rings. The van der Waals surface area contributed by atoms with E-state index in [1.54, 1.807) is 12.2 Å². The molecule has 1 aliphatic heterocycles. The van der Waals surface area contributed by atoms with Crippen LogP contribution in [0.4, 0.5) is 6.01 Å². The standard InChI is InChI=1S/C16H19N3O2/c1-2-6-15(20)17-11-12-7-5-10-19(12)16-18-13-8-3-4-9-14(13)21-16/h2-4,6,8-9,12H,5,7,10-11H2,1H3,(H,17,20)/b6-2+. The van der Waals surface area contributed by atoms with E-state index < -0.39 is 0 Å². The monoisotopic (exact) mass is 285 g/mol. The Hall–Kier alpha value is -2.30. The molecule has 0 radical (unpaired) electrons. The first-order valence-electron chi connectivity index (χ1n) is 7.30. The van der Waals surface area contributed by atoms with E-state index in [0.29, 0.717) is 12.6 Å². The van der Waals surface area contributed by atoms with Crippen molar-refractivity contribution in [3.63, 3.8) is 0 Å². The predicted octanol–water partition coefficient (Wildman–Crippen LogP) is 2.49. The molecule has 1 saturated heterocycles. The summed E-state index contributed by atoms with van der Waals surface area (Å²) in [6.07, 6.45) is 5.40. The molecule has 1 amide bonds. The summed E-state index contributed by atoms with van der Waals surface area (Å²) in [5.74, 6) is -0.0538. The number of carbonyl (C=O) groups excluding carboxylic acids is 1. The second-order valence-corrected chi connectivity index (χ2v) is 5.20. The maximum Gasteiger partial charge on any atom is 0.298 e. The van der Waals surface area contributed by atoms with Gasteiger partial charge in [-0.3, -0.25) is 4.79 Å². The zero-order valence-corrected chi connectivity index (χ0v) is 12.1. The minimum absolute atomic E-state index is 0.0538. The van der Waals surface area contributed by atoms with Crippen LogP contribution in [0.5, 0.6) is 0 Å². The largest absolute Gasteiger partial charge is 0.423 e. The topological polar surface area (TPSA) is 58.4 Å². The number of amides is 1. The first-order chi connectivity index (χ1) is 10.3. The van der Waals surface area contributed by atoms with Crippen LogP contribution in [0.15, 0.2) is 40.8 Å². The molecule has 1 atom stereocenters. The number of nitrogens with one attached hydrogen (secondary N) is 1. The molecular formula is C16H19N3O2. The molecule has 1 unspecified atom stereocenters. The van der Waals surface area contributed by atoms with E-state index in [1.165, 1.54) is 0 Å². The Morgan fingerprint density at radius 1 is 1.52 bits per heavy atom. The first-order valence-corrected chi connectivity index (χ1v) is 7.30. The molecule has 1 N–H and O–H groups in total. The van der Waals surface area contributed by atoms with Crippen molar-refractivity contribution in [1.82, 2.24) is 10.3 Å². The second-order valence-electron chi connectivity index (χ2n) is 5.20. The number of nitrogens with zero attached hydrogens (tertiary/aromatic N) is 2. The SMILES string of the molecule is C/C=C/C(=O)NCC1CCCN1c1nc2ccccc2o1. The van der Waals surface area contributed by atoms with Crippen molar-refractivity contribution in [2.45, 2.75) is 25.8 Å². The van der Waals surface area contributed by atoms with Gasteiger partial charge in [-0.15, -0.1) is 0 Å². The molecule has 0 saturated carbocycles. The molecule has 3 rings (SSSR count). The number of hydrogen-bond donors (Lipinski definition) is 1. The van der Waals surface area contributed by atoms with E-state index >= 15 is 0 Å². The van der Waals surface area contributed by atoms with Crippen LogP contribution >= 0.6 is 0 Å². The molecular weight excluding hydrogens is 266 g/mol. The lowest BCUT2D eigenvalue weighted by molar-refractivity contribution is -0.116. The highest BCUT2D eigenvalue weighted by Crippen LogP contribution is 2.27. The van der Waals surface area contributed by atoms with Crippen LogP contribution in [-0.2, 0) is 4.79 Å². The van der Waals surface area contributed by atoms with Crippen molar-refractivity contribution in [3.05, 3.63) is 36.4 Å². The summed E-state index contributed by atoms with van der Waals surface area (Å²) in [5.41, 5.74) is 1.67. The first kappa shape index (κ1) is 13.7. The Morgan fingerprint density at radius 2 is 2.38 bits per heavy atom. The Kier molecular flexibility index (Phi) is 3.90. The number of aromatic nitrogens is 1. The van der Waals surface area contributed by atoms with Gasteiger partial charge in [0.2, 0.25) is 5.91 Å². The molecule has 5 nitrogen and oxygen atoms in total. The number of oxazole rings is 1. The highest BCUT2D eigenvalue weighted by atomic mass is 16.4. The Bertz CT molecular complexity index is 629. The molecule has 1 aromatic heterocycles. The van der Waals surface area contributed by atoms with Gasteiger partial charge in [0, 0.05) is 13.1 Å². The Balaban J connectivity index is 1.72. The third-order valence-corrected chi connectivity index (χ3v) is 3.74. The molecule has 2 heterocycles. The number of para-hydroxylation sites is 2. The van der Waals surface area contributed by atoms with Crippen molar-refractivity contribution in [2.24, 2.45) is 0 Å². The smallest absolute Gasteiger partial charge is 0.298 e. The van der Waals surface area contributed by atoms with Gasteiger partial charge in [-0.2, -0.15) is 4.98 Å². The molecule has 0 spiro atoms. The van der Waals surface area contributed by atoms with Crippen LogP contribution in [-0.4, -0.2) is 30.0 Å². The minimum atomic E-state index is -0.0538. The van der Waals surface area contributed by atoms with E-state index in [1.807, 2.05) is 31.2 Å². The zero-order chi connectivity index (χ0) is 14.7. The molecule has 0 aliphatic carbocycles. The summed E-state index contributed by atoms with van der Waals surface area (Å²) in [4.78, 5) is 18.2. The third-order valence-electron chi connectivity index (χ3n) is 3.74. The maximum atomic E-state index is 11.5. The van der Waals surface area contributed by atoms with Gasteiger partial charge < -0.3 is 14.6 Å². The van der Waals surface area contributed by atoms with E-state index in [-0.39, 0.29) is 11.9 Å². The van der Waals surface area contributed by atoms with Crippen LogP contribution < -0.4 is 10.2 Å². The minimum Gasteiger partial charge on any atom is -0.423 e. The predicted molar refractivity (Wildman–Crippen MR) is 82.2 cm³/mol. The fraction of sp³-hybridized carbons (Fsp3) is 0.375. The lowest BCUT2D eigenvalue weighted by atomic mass is 10.2. The van der Waals surface area contributed by atoms with Gasteiger partial charge in [0.05, 0.1) is 6.04 Å². The summed E-state index contributed by atoms with van der Waals surface area (Å²) >= 11 is 0. The fourth-order valence-corrected chi connectivity index (χ4v) is 2.71. The van der Waals surface area contributed by atoms with E-state index in [2.05, 4.69) is 15.2 Å². The van der Waals surface area contributed by atoms with Gasteiger partial charge in [0.25, 0.3) is 6.01 Å². The number of rotatable bonds is 4. The van der Waals surface area contributed by atoms with Crippen LogP contribution in [0.1, 0.15) is 19.8 Å². The Morgan fingerprint density at radius 3 is 3.19 bits per heavy atom. The normalized spacial score (nSPS) is 18.7. The van der Waals surface area contributed by atoms with Gasteiger partial charge in [0.1, 0.15) is 5.52 Å². The van der Waals surface area contributed by atoms with Gasteiger partial charge in [0.15, 0.2) is 5.58 Å². The van der Waals surface area contributed by atoms with Crippen molar-refractivity contribution in [1.29, 1.82) is 0 Å². The molecule has 5 heteroatoms. The second kappa shape index (κ2) is 5.99. The number of allylic oxidation sites excluding steroid dienone is 1. The summed E-state index contributed by atoms with van der Waals surface area (Å²) in [7, 11) is 0. The molecule has 1 fully saturated rings. The van der Waals surface area contributed by atoms with E-state index in [0.717, 1.165) is 30.5 Å². The third kappa shape index (κ3) is 2.91. The molecule has 21 heavy (non-hydrogen) atoms. The van der Waals surface area contributed by atoms with E-state index in [4.69, 9.17) is 4.42 Å². The number of benzene rings is 1. The molecule has 1 aliphatic rings. The number of hydrogen-bond acceptors (Lipinski definition) is 4. The van der Waals surface area contributed by atoms with Crippen molar-refractivity contribution >= 4 is 23.0 Å². The van der Waals surface area contributed by atoms with Crippen molar-refractivity contribution < 1.29 is 9.21 Å². The highest BCUT2D eigenvalue weighted by Gasteiger charge is 2.28. The molecule has 110 valence electrons. The van der Waals surface area contributed by atoms with Gasteiger partial charge in [-0.05, 0) is 38.0 Å². The summed E-state index contributed by atoms with van der Waals surface area (Å²) in [6.45, 7) is 3.36. The Labute approximate surface area is 123 Å². The highest BCUT2D eigenvalue weighted by molar-refractivity contribution is 5.87. The van der Waals surface area contributed by atoms with Gasteiger partial charge in [-0.1, -0.05) is 18.2 Å². The van der Waals surface area contributed by atoms with Crippen LogP contribution in [0.25, 0.3) is 11.1 Å². The lowest BCUT2D eigenvalue weighted by Gasteiger charge is -2.22.